The monoisotopic (exact) mass is 126 g/mol. The van der Waals surface area contributed by atoms with E-state index in [1.54, 1.807) is 0 Å². The first kappa shape index (κ1) is 66.0. The fourth-order valence-electron chi connectivity index (χ4n) is 0. The maximum atomic E-state index is 4.00. The third-order valence-electron chi connectivity index (χ3n) is 0. The molecule has 0 radical (unpaired) electrons. The van der Waals surface area contributed by atoms with Gasteiger partial charge < -0.3 is 0 Å². The van der Waals surface area contributed by atoms with E-state index in [1.165, 1.54) is 0 Å². The zero-order valence-electron chi connectivity index (χ0n) is 4.62. The van der Waals surface area contributed by atoms with E-state index < -0.39 is 0 Å². The summed E-state index contributed by atoms with van der Waals surface area (Å²) in [5, 5.41) is 0. The molecule has 2 heteroatoms. The van der Waals surface area contributed by atoms with Gasteiger partial charge in [0.05, 0.1) is 8.41 Å². The Labute approximate surface area is 78.9 Å². The minimum atomic E-state index is 0. The third kappa shape index (κ3) is 200. The van der Waals surface area contributed by atoms with Gasteiger partial charge in [-0.15, -0.1) is 51.4 Å². The summed E-state index contributed by atoms with van der Waals surface area (Å²) < 4.78 is 0. The van der Waals surface area contributed by atoms with Crippen LogP contribution in [-0.2, 0) is 0 Å². The van der Waals surface area contributed by atoms with E-state index in [9.17, 15) is 0 Å². The van der Waals surface area contributed by atoms with Crippen molar-refractivity contribution in [3.63, 3.8) is 0 Å². The molecule has 0 heterocycles. The van der Waals surface area contributed by atoms with Gasteiger partial charge in [-0.2, -0.15) is 0 Å². The number of rotatable bonds is 0. The van der Waals surface area contributed by atoms with Crippen molar-refractivity contribution in [1.82, 2.24) is 0 Å². The van der Waals surface area contributed by atoms with Gasteiger partial charge in [0.1, 0.15) is 0 Å². The summed E-state index contributed by atoms with van der Waals surface area (Å²) in [5.41, 5.74) is 0. The summed E-state index contributed by atoms with van der Waals surface area (Å²) in [6, 6.07) is 0. The van der Waals surface area contributed by atoms with Gasteiger partial charge in [-0.25, -0.2) is 0 Å². The van der Waals surface area contributed by atoms with E-state index in [2.05, 4.69) is 51.4 Å². The molecule has 0 aliphatic heterocycles. The van der Waals surface area contributed by atoms with Gasteiger partial charge in [-0.3, -0.25) is 0 Å². The first-order valence-electron chi connectivity index (χ1n) is 1.33. The molecule has 0 aromatic carbocycles. The molecule has 0 saturated carbocycles. The van der Waals surface area contributed by atoms with Gasteiger partial charge in [-0.1, -0.05) is 0 Å². The standard InChI is InChI=1S/4C2H2.BH3.Li.H/c4*1-2;;;/h4*1-2H;1H3;;. The Hall–Kier alpha value is -1.10. The molecule has 0 N–H and O–H groups in total. The third-order valence-corrected chi connectivity index (χ3v) is 0. The Bertz CT molecular complexity index is 52.2. The van der Waals surface area contributed by atoms with Gasteiger partial charge in [0, 0.05) is 0 Å². The Morgan fingerprint density at radius 1 is 0.400 bits per heavy atom. The van der Waals surface area contributed by atoms with Crippen molar-refractivity contribution >= 4 is 27.3 Å². The van der Waals surface area contributed by atoms with Gasteiger partial charge in [0.2, 0.25) is 0 Å². The van der Waals surface area contributed by atoms with Crippen LogP contribution in [0.4, 0.5) is 0 Å². The molecule has 0 rings (SSSR count). The number of hydrogen-bond acceptors (Lipinski definition) is 0. The molecule has 0 atom stereocenters. The minimum absolute atomic E-state index is 0. The van der Waals surface area contributed by atoms with Crippen LogP contribution in [0.15, 0.2) is 0 Å². The van der Waals surface area contributed by atoms with Crippen molar-refractivity contribution < 1.29 is 0 Å². The second kappa shape index (κ2) is 312. The van der Waals surface area contributed by atoms with Crippen molar-refractivity contribution in [3.05, 3.63) is 0 Å². The van der Waals surface area contributed by atoms with Crippen molar-refractivity contribution in [1.29, 1.82) is 0 Å². The van der Waals surface area contributed by atoms with Crippen molar-refractivity contribution in [2.24, 2.45) is 0 Å². The molecule has 0 aromatic heterocycles. The fraction of sp³-hybridized carbons (Fsp3) is 0. The van der Waals surface area contributed by atoms with Crippen LogP contribution in [0.5, 0.6) is 0 Å². The van der Waals surface area contributed by atoms with Gasteiger partial charge in [-0.05, 0) is 0 Å². The van der Waals surface area contributed by atoms with Crippen LogP contribution in [0.1, 0.15) is 0 Å². The first-order valence-corrected chi connectivity index (χ1v) is 1.33. The maximum absolute atomic E-state index is 4.00. The molecular formula is C8H12BLi. The Morgan fingerprint density at radius 2 is 0.400 bits per heavy atom. The number of terminal acetylenes is 4. The average Bonchev–Trinajstić information content (AvgIpc) is 2.03. The molecule has 0 aliphatic carbocycles. The SMILES string of the molecule is B.C#C.C#C.C#C.C#C.[LiH]. The second-order valence-corrected chi connectivity index (χ2v) is 0. The molecule has 48 valence electrons. The molecule has 10 heavy (non-hydrogen) atoms. The van der Waals surface area contributed by atoms with Gasteiger partial charge in [0.25, 0.3) is 0 Å². The predicted molar refractivity (Wildman–Crippen MR) is 56.6 cm³/mol. The van der Waals surface area contributed by atoms with Crippen LogP contribution in [0.3, 0.4) is 0 Å². The quantitative estimate of drug-likeness (QED) is 0.293. The van der Waals surface area contributed by atoms with Crippen LogP contribution >= 0.6 is 0 Å². The molecule has 0 aromatic rings. The summed E-state index contributed by atoms with van der Waals surface area (Å²) in [4.78, 5) is 0. The van der Waals surface area contributed by atoms with E-state index in [4.69, 9.17) is 0 Å². The van der Waals surface area contributed by atoms with Crippen molar-refractivity contribution in [2.45, 2.75) is 0 Å². The normalized spacial score (nSPS) is 0.800. The molecule has 0 saturated heterocycles. The summed E-state index contributed by atoms with van der Waals surface area (Å²) in [5.74, 6) is 0. The molecule has 0 nitrogen and oxygen atoms in total. The van der Waals surface area contributed by atoms with E-state index >= 15 is 0 Å². The topological polar surface area (TPSA) is 0 Å². The van der Waals surface area contributed by atoms with Crippen LogP contribution < -0.4 is 0 Å². The van der Waals surface area contributed by atoms with E-state index in [0.717, 1.165) is 0 Å². The Balaban J connectivity index is -0.00000000500. The summed E-state index contributed by atoms with van der Waals surface area (Å²) in [6.07, 6.45) is 32.0. The Kier molecular flexibility index (Phi) is 2060. The first-order chi connectivity index (χ1) is 4.00. The van der Waals surface area contributed by atoms with Crippen LogP contribution in [0.25, 0.3) is 0 Å². The molecule has 0 unspecified atom stereocenters. The average molecular weight is 126 g/mol. The van der Waals surface area contributed by atoms with Crippen molar-refractivity contribution in [3.8, 4) is 51.4 Å². The Morgan fingerprint density at radius 3 is 0.400 bits per heavy atom. The summed E-state index contributed by atoms with van der Waals surface area (Å²) in [6.45, 7) is 0. The summed E-state index contributed by atoms with van der Waals surface area (Å²) >= 11 is 0. The van der Waals surface area contributed by atoms with Crippen LogP contribution in [-0.4, -0.2) is 27.3 Å². The molecule has 0 bridgehead atoms. The fourth-order valence-corrected chi connectivity index (χ4v) is 0. The van der Waals surface area contributed by atoms with Gasteiger partial charge in [0.15, 0.2) is 0 Å². The van der Waals surface area contributed by atoms with Gasteiger partial charge >= 0.3 is 18.9 Å². The predicted octanol–water partition coefficient (Wildman–Crippen LogP) is -0.835. The second-order valence-electron chi connectivity index (χ2n) is 0. The molecule has 0 spiro atoms. The zero-order valence-corrected chi connectivity index (χ0v) is 4.62. The van der Waals surface area contributed by atoms with Crippen LogP contribution in [0, 0.1) is 51.4 Å². The zero-order chi connectivity index (χ0) is 8.00. The van der Waals surface area contributed by atoms with E-state index in [0.29, 0.717) is 0 Å². The molecule has 0 amide bonds. The molecular weight excluding hydrogens is 114 g/mol. The van der Waals surface area contributed by atoms with E-state index in [-0.39, 0.29) is 27.3 Å². The van der Waals surface area contributed by atoms with E-state index in [1.807, 2.05) is 0 Å². The van der Waals surface area contributed by atoms with Crippen LogP contribution in [0.2, 0.25) is 0 Å². The summed E-state index contributed by atoms with van der Waals surface area (Å²) in [7, 11) is 0. The number of hydrogen-bond donors (Lipinski definition) is 0. The molecule has 0 fully saturated rings. The molecule has 0 aliphatic rings. The van der Waals surface area contributed by atoms with Crippen molar-refractivity contribution in [2.75, 3.05) is 0 Å².